The van der Waals surface area contributed by atoms with E-state index in [-0.39, 0.29) is 6.04 Å². The Hall–Kier alpha value is -2.88. The second kappa shape index (κ2) is 5.64. The molecule has 2 heterocycles. The van der Waals surface area contributed by atoms with Gasteiger partial charge in [0.05, 0.1) is 24.5 Å². The molecule has 0 amide bonds. The van der Waals surface area contributed by atoms with Crippen LogP contribution < -0.4 is 15.0 Å². The van der Waals surface area contributed by atoms with Crippen LogP contribution in [0.4, 0.5) is 11.4 Å². The average molecular weight is 319 g/mol. The molecule has 4 nitrogen and oxygen atoms in total. The van der Waals surface area contributed by atoms with E-state index in [1.165, 1.54) is 16.9 Å². The van der Waals surface area contributed by atoms with Gasteiger partial charge in [-0.2, -0.15) is 0 Å². The Labute approximate surface area is 142 Å². The number of ether oxygens (including phenoxy) is 1. The largest absolute Gasteiger partial charge is 0.497 e. The van der Waals surface area contributed by atoms with Gasteiger partial charge in [-0.25, -0.2) is 0 Å². The van der Waals surface area contributed by atoms with Gasteiger partial charge < -0.3 is 19.5 Å². The standard InChI is InChI=1S/C20H21N3O/c1-22(2)15-8-6-14(7-9-15)20-19-5-4-12-23(19)18-11-10-16(24-3)13-17(18)21-20/h4-13,20-21H,1-3H3/t20-/m1/s1. The first-order chi connectivity index (χ1) is 11.7. The molecule has 122 valence electrons. The molecule has 0 unspecified atom stereocenters. The maximum Gasteiger partial charge on any atom is 0.121 e. The van der Waals surface area contributed by atoms with Crippen molar-refractivity contribution < 1.29 is 4.74 Å². The third-order valence-corrected chi connectivity index (χ3v) is 4.58. The number of aromatic nitrogens is 1. The van der Waals surface area contributed by atoms with E-state index >= 15 is 0 Å². The van der Waals surface area contributed by atoms with Gasteiger partial charge in [0.15, 0.2) is 0 Å². The van der Waals surface area contributed by atoms with Gasteiger partial charge in [0.25, 0.3) is 0 Å². The highest BCUT2D eigenvalue weighted by molar-refractivity contribution is 5.69. The van der Waals surface area contributed by atoms with Crippen molar-refractivity contribution >= 4 is 11.4 Å². The van der Waals surface area contributed by atoms with Crippen molar-refractivity contribution in [3.8, 4) is 11.4 Å². The molecule has 1 aliphatic rings. The summed E-state index contributed by atoms with van der Waals surface area (Å²) in [5.74, 6) is 0.860. The number of hydrogen-bond donors (Lipinski definition) is 1. The molecule has 0 saturated heterocycles. The second-order valence-corrected chi connectivity index (χ2v) is 6.25. The molecule has 4 rings (SSSR count). The van der Waals surface area contributed by atoms with Crippen molar-refractivity contribution in [2.45, 2.75) is 6.04 Å². The quantitative estimate of drug-likeness (QED) is 0.789. The molecule has 1 atom stereocenters. The Kier molecular flexibility index (Phi) is 3.45. The lowest BCUT2D eigenvalue weighted by Gasteiger charge is -2.30. The minimum absolute atomic E-state index is 0.121. The molecule has 0 radical (unpaired) electrons. The van der Waals surface area contributed by atoms with Crippen LogP contribution >= 0.6 is 0 Å². The highest BCUT2D eigenvalue weighted by atomic mass is 16.5. The van der Waals surface area contributed by atoms with E-state index in [0.29, 0.717) is 0 Å². The fraction of sp³-hybridized carbons (Fsp3) is 0.200. The number of anilines is 2. The van der Waals surface area contributed by atoms with Gasteiger partial charge in [-0.15, -0.1) is 0 Å². The molecule has 0 bridgehead atoms. The highest BCUT2D eigenvalue weighted by Gasteiger charge is 2.25. The van der Waals surface area contributed by atoms with Crippen molar-refractivity contribution in [1.82, 2.24) is 4.57 Å². The van der Waals surface area contributed by atoms with E-state index in [4.69, 9.17) is 4.74 Å². The van der Waals surface area contributed by atoms with E-state index in [1.54, 1.807) is 7.11 Å². The van der Waals surface area contributed by atoms with Crippen molar-refractivity contribution in [1.29, 1.82) is 0 Å². The van der Waals surface area contributed by atoms with Crippen LogP contribution in [0.15, 0.2) is 60.8 Å². The number of nitrogens with zero attached hydrogens (tertiary/aromatic N) is 2. The molecular weight excluding hydrogens is 298 g/mol. The summed E-state index contributed by atoms with van der Waals surface area (Å²) < 4.78 is 7.62. The Bertz CT molecular complexity index is 865. The summed E-state index contributed by atoms with van der Waals surface area (Å²) in [6.45, 7) is 0. The zero-order chi connectivity index (χ0) is 16.7. The molecule has 0 saturated carbocycles. The highest BCUT2D eigenvalue weighted by Crippen LogP contribution is 2.38. The third kappa shape index (κ3) is 2.31. The Morgan fingerprint density at radius 1 is 1.04 bits per heavy atom. The van der Waals surface area contributed by atoms with Crippen LogP contribution in [0.2, 0.25) is 0 Å². The minimum atomic E-state index is 0.121. The molecule has 0 fully saturated rings. The molecule has 0 spiro atoms. The maximum absolute atomic E-state index is 5.38. The van der Waals surface area contributed by atoms with Gasteiger partial charge in [-0.05, 0) is 42.0 Å². The molecular formula is C20H21N3O. The topological polar surface area (TPSA) is 29.4 Å². The summed E-state index contributed by atoms with van der Waals surface area (Å²) >= 11 is 0. The Balaban J connectivity index is 1.78. The van der Waals surface area contributed by atoms with Gasteiger partial charge in [-0.1, -0.05) is 12.1 Å². The van der Waals surface area contributed by atoms with Gasteiger partial charge in [0.1, 0.15) is 5.75 Å². The normalized spacial score (nSPS) is 15.2. The zero-order valence-electron chi connectivity index (χ0n) is 14.2. The van der Waals surface area contributed by atoms with Crippen LogP contribution in [0.3, 0.4) is 0 Å². The number of benzene rings is 2. The number of nitrogens with one attached hydrogen (secondary N) is 1. The number of rotatable bonds is 3. The van der Waals surface area contributed by atoms with Gasteiger partial charge in [0, 0.05) is 37.7 Å². The van der Waals surface area contributed by atoms with E-state index in [1.807, 2.05) is 6.07 Å². The number of fused-ring (bicyclic) bond motifs is 3. The molecule has 2 aromatic carbocycles. The molecule has 3 aromatic rings. The van der Waals surface area contributed by atoms with Crippen molar-refractivity contribution in [3.05, 3.63) is 72.1 Å². The van der Waals surface area contributed by atoms with E-state index in [2.05, 4.69) is 83.6 Å². The van der Waals surface area contributed by atoms with E-state index < -0.39 is 0 Å². The lowest BCUT2D eigenvalue weighted by Crippen LogP contribution is -2.22. The second-order valence-electron chi connectivity index (χ2n) is 6.25. The van der Waals surface area contributed by atoms with Gasteiger partial charge in [0.2, 0.25) is 0 Å². The van der Waals surface area contributed by atoms with Crippen molar-refractivity contribution in [3.63, 3.8) is 0 Å². The molecule has 1 aromatic heterocycles. The van der Waals surface area contributed by atoms with Crippen LogP contribution in [0.25, 0.3) is 5.69 Å². The monoisotopic (exact) mass is 319 g/mol. The first-order valence-corrected chi connectivity index (χ1v) is 8.07. The van der Waals surface area contributed by atoms with Crippen LogP contribution in [0.1, 0.15) is 17.3 Å². The lowest BCUT2D eigenvalue weighted by molar-refractivity contribution is 0.415. The average Bonchev–Trinajstić information content (AvgIpc) is 3.10. The van der Waals surface area contributed by atoms with Crippen molar-refractivity contribution in [2.75, 3.05) is 31.4 Å². The van der Waals surface area contributed by atoms with Gasteiger partial charge >= 0.3 is 0 Å². The van der Waals surface area contributed by atoms with Crippen LogP contribution in [-0.2, 0) is 0 Å². The lowest BCUT2D eigenvalue weighted by atomic mass is 10.00. The summed E-state index contributed by atoms with van der Waals surface area (Å²) in [5.41, 5.74) is 5.92. The summed E-state index contributed by atoms with van der Waals surface area (Å²) in [4.78, 5) is 2.11. The summed E-state index contributed by atoms with van der Waals surface area (Å²) in [5, 5.41) is 3.66. The first-order valence-electron chi connectivity index (χ1n) is 8.07. The summed E-state index contributed by atoms with van der Waals surface area (Å²) in [6.07, 6.45) is 2.11. The first kappa shape index (κ1) is 14.7. The Morgan fingerprint density at radius 2 is 1.83 bits per heavy atom. The summed E-state index contributed by atoms with van der Waals surface area (Å²) in [7, 11) is 5.81. The molecule has 24 heavy (non-hydrogen) atoms. The number of hydrogen-bond acceptors (Lipinski definition) is 3. The number of methoxy groups -OCH3 is 1. The SMILES string of the molecule is COc1ccc2c(c1)N[C@H](c1ccc(N(C)C)cc1)c1cccn1-2. The predicted molar refractivity (Wildman–Crippen MR) is 98.6 cm³/mol. The van der Waals surface area contributed by atoms with Crippen LogP contribution in [-0.4, -0.2) is 25.8 Å². The fourth-order valence-electron chi connectivity index (χ4n) is 3.27. The van der Waals surface area contributed by atoms with Crippen LogP contribution in [0, 0.1) is 0 Å². The Morgan fingerprint density at radius 3 is 2.54 bits per heavy atom. The van der Waals surface area contributed by atoms with E-state index in [9.17, 15) is 0 Å². The van der Waals surface area contributed by atoms with E-state index in [0.717, 1.165) is 17.1 Å². The molecule has 4 heteroatoms. The molecule has 0 aliphatic carbocycles. The van der Waals surface area contributed by atoms with Crippen LogP contribution in [0.5, 0.6) is 5.75 Å². The molecule has 1 aliphatic heterocycles. The zero-order valence-corrected chi connectivity index (χ0v) is 14.2. The maximum atomic E-state index is 5.38. The smallest absolute Gasteiger partial charge is 0.121 e. The molecule has 1 N–H and O–H groups in total. The van der Waals surface area contributed by atoms with Gasteiger partial charge in [-0.3, -0.25) is 0 Å². The predicted octanol–water partition coefficient (Wildman–Crippen LogP) is 4.07. The third-order valence-electron chi connectivity index (χ3n) is 4.58. The van der Waals surface area contributed by atoms with Crippen molar-refractivity contribution in [2.24, 2.45) is 0 Å². The summed E-state index contributed by atoms with van der Waals surface area (Å²) in [6, 6.07) is 19.2. The minimum Gasteiger partial charge on any atom is -0.497 e. The fourth-order valence-corrected chi connectivity index (χ4v) is 3.27.